The zero-order valence-corrected chi connectivity index (χ0v) is 11.8. The van der Waals surface area contributed by atoms with Crippen molar-refractivity contribution in [3.8, 4) is 0 Å². The van der Waals surface area contributed by atoms with Gasteiger partial charge in [-0.15, -0.1) is 0 Å². The number of nitrogens with one attached hydrogen (secondary N) is 1. The Kier molecular flexibility index (Phi) is 5.00. The van der Waals surface area contributed by atoms with E-state index in [1.807, 2.05) is 6.92 Å². The molecule has 1 N–H and O–H groups in total. The van der Waals surface area contributed by atoms with Crippen LogP contribution in [0.3, 0.4) is 0 Å². The summed E-state index contributed by atoms with van der Waals surface area (Å²) in [4.78, 5) is 13.6. The fraction of sp³-hybridized carbons (Fsp3) is 0.500. The molecule has 3 nitrogen and oxygen atoms in total. The Morgan fingerprint density at radius 3 is 2.53 bits per heavy atom. The summed E-state index contributed by atoms with van der Waals surface area (Å²) < 4.78 is 26.3. The van der Waals surface area contributed by atoms with E-state index >= 15 is 0 Å². The maximum absolute atomic E-state index is 13.5. The number of rotatable bonds is 5. The summed E-state index contributed by atoms with van der Waals surface area (Å²) in [5.74, 6) is -1.40. The van der Waals surface area contributed by atoms with Gasteiger partial charge in [0, 0.05) is 25.2 Å². The number of carbonyl (C=O) groups excluding carboxylic acids is 1. The molecule has 0 fully saturated rings. The van der Waals surface area contributed by atoms with Gasteiger partial charge in [0.25, 0.3) is 0 Å². The van der Waals surface area contributed by atoms with E-state index in [0.717, 1.165) is 6.07 Å². The third-order valence-electron chi connectivity index (χ3n) is 2.92. The van der Waals surface area contributed by atoms with Gasteiger partial charge in [0.15, 0.2) is 0 Å². The highest BCUT2D eigenvalue weighted by molar-refractivity contribution is 5.85. The van der Waals surface area contributed by atoms with Gasteiger partial charge >= 0.3 is 0 Å². The fourth-order valence-electron chi connectivity index (χ4n) is 1.97. The summed E-state index contributed by atoms with van der Waals surface area (Å²) in [6.07, 6.45) is 0. The van der Waals surface area contributed by atoms with E-state index in [9.17, 15) is 13.6 Å². The zero-order valence-electron chi connectivity index (χ0n) is 11.8. The van der Waals surface area contributed by atoms with Crippen LogP contribution in [0.5, 0.6) is 0 Å². The predicted molar refractivity (Wildman–Crippen MR) is 70.6 cm³/mol. The van der Waals surface area contributed by atoms with Crippen molar-refractivity contribution in [3.63, 3.8) is 0 Å². The topological polar surface area (TPSA) is 32.3 Å². The van der Waals surface area contributed by atoms with Crippen molar-refractivity contribution in [1.82, 2.24) is 10.2 Å². The predicted octanol–water partition coefficient (Wildman–Crippen LogP) is 2.31. The molecule has 106 valence electrons. The molecular formula is C14H20F2N2O. The van der Waals surface area contributed by atoms with Crippen LogP contribution in [0, 0.1) is 11.6 Å². The molecule has 0 saturated carbocycles. The number of nitrogens with zero attached hydrogens (tertiary/aromatic N) is 1. The summed E-state index contributed by atoms with van der Waals surface area (Å²) in [6, 6.07) is 3.37. The van der Waals surface area contributed by atoms with Crippen molar-refractivity contribution >= 4 is 5.91 Å². The third-order valence-corrected chi connectivity index (χ3v) is 2.92. The summed E-state index contributed by atoms with van der Waals surface area (Å²) in [5, 5.41) is 3.07. The molecule has 0 spiro atoms. The van der Waals surface area contributed by atoms with Gasteiger partial charge in [0.1, 0.15) is 11.6 Å². The monoisotopic (exact) mass is 270 g/mol. The molecule has 0 aliphatic rings. The van der Waals surface area contributed by atoms with Gasteiger partial charge in [-0.1, -0.05) is 13.0 Å². The Morgan fingerprint density at radius 2 is 2.00 bits per heavy atom. The highest BCUT2D eigenvalue weighted by Crippen LogP contribution is 2.14. The molecule has 0 aromatic heterocycles. The molecule has 1 amide bonds. The van der Waals surface area contributed by atoms with Crippen LogP contribution in [-0.2, 0) is 11.3 Å². The fourth-order valence-corrected chi connectivity index (χ4v) is 1.97. The van der Waals surface area contributed by atoms with Crippen LogP contribution in [-0.4, -0.2) is 29.9 Å². The summed E-state index contributed by atoms with van der Waals surface area (Å²) in [7, 11) is 1.60. The highest BCUT2D eigenvalue weighted by Gasteiger charge is 2.29. The SMILES string of the molecule is CCNC(C)(C)C(=O)N(C)Cc1ccc(F)cc1F. The van der Waals surface area contributed by atoms with E-state index < -0.39 is 17.2 Å². The molecule has 5 heteroatoms. The van der Waals surface area contributed by atoms with Gasteiger partial charge in [0.05, 0.1) is 5.54 Å². The van der Waals surface area contributed by atoms with Gasteiger partial charge < -0.3 is 10.2 Å². The van der Waals surface area contributed by atoms with Crippen molar-refractivity contribution < 1.29 is 13.6 Å². The molecule has 0 atom stereocenters. The summed E-state index contributed by atoms with van der Waals surface area (Å²) in [5.41, 5.74) is -0.412. The quantitative estimate of drug-likeness (QED) is 0.890. The molecular weight excluding hydrogens is 250 g/mol. The lowest BCUT2D eigenvalue weighted by Crippen LogP contribution is -2.52. The van der Waals surface area contributed by atoms with Crippen LogP contribution in [0.4, 0.5) is 8.78 Å². The van der Waals surface area contributed by atoms with Gasteiger partial charge in [-0.3, -0.25) is 4.79 Å². The van der Waals surface area contributed by atoms with Crippen LogP contribution < -0.4 is 5.32 Å². The minimum absolute atomic E-state index is 0.111. The van der Waals surface area contributed by atoms with Gasteiger partial charge in [-0.05, 0) is 26.5 Å². The number of hydrogen-bond acceptors (Lipinski definition) is 2. The zero-order chi connectivity index (χ0) is 14.6. The van der Waals surface area contributed by atoms with Crippen LogP contribution in [0.25, 0.3) is 0 Å². The molecule has 0 heterocycles. The Morgan fingerprint density at radius 1 is 1.37 bits per heavy atom. The largest absolute Gasteiger partial charge is 0.340 e. The van der Waals surface area contributed by atoms with Crippen molar-refractivity contribution in [2.24, 2.45) is 0 Å². The minimum atomic E-state index is -0.708. The second kappa shape index (κ2) is 6.10. The maximum atomic E-state index is 13.5. The average molecular weight is 270 g/mol. The Hall–Kier alpha value is -1.49. The van der Waals surface area contributed by atoms with Gasteiger partial charge in [-0.25, -0.2) is 8.78 Å². The van der Waals surface area contributed by atoms with E-state index in [-0.39, 0.29) is 12.5 Å². The number of hydrogen-bond donors (Lipinski definition) is 1. The maximum Gasteiger partial charge on any atom is 0.242 e. The summed E-state index contributed by atoms with van der Waals surface area (Å²) >= 11 is 0. The highest BCUT2D eigenvalue weighted by atomic mass is 19.1. The lowest BCUT2D eigenvalue weighted by molar-refractivity contribution is -0.136. The lowest BCUT2D eigenvalue weighted by atomic mass is 10.0. The molecule has 1 aromatic rings. The van der Waals surface area contributed by atoms with E-state index in [4.69, 9.17) is 0 Å². The second-order valence-electron chi connectivity index (χ2n) is 5.05. The van der Waals surface area contributed by atoms with Crippen molar-refractivity contribution in [2.75, 3.05) is 13.6 Å². The normalized spacial score (nSPS) is 11.5. The van der Waals surface area contributed by atoms with E-state index in [2.05, 4.69) is 5.32 Å². The third kappa shape index (κ3) is 3.99. The molecule has 0 saturated heterocycles. The standard InChI is InChI=1S/C14H20F2N2O/c1-5-17-14(2,3)13(19)18(4)9-10-6-7-11(15)8-12(10)16/h6-8,17H,5,9H2,1-4H3. The van der Waals surface area contributed by atoms with Crippen LogP contribution in [0.2, 0.25) is 0 Å². The number of likely N-dealkylation sites (N-methyl/N-ethyl adjacent to an activating group) is 2. The molecule has 19 heavy (non-hydrogen) atoms. The van der Waals surface area contributed by atoms with Crippen LogP contribution in [0.1, 0.15) is 26.3 Å². The summed E-state index contributed by atoms with van der Waals surface area (Å²) in [6.45, 7) is 6.23. The molecule has 1 aromatic carbocycles. The Bertz CT molecular complexity index is 461. The number of benzene rings is 1. The lowest BCUT2D eigenvalue weighted by Gasteiger charge is -2.30. The molecule has 1 rings (SSSR count). The first-order chi connectivity index (χ1) is 8.77. The average Bonchev–Trinajstić information content (AvgIpc) is 2.31. The number of amides is 1. The Labute approximate surface area is 112 Å². The van der Waals surface area contributed by atoms with Crippen molar-refractivity contribution in [1.29, 1.82) is 0 Å². The van der Waals surface area contributed by atoms with E-state index in [0.29, 0.717) is 12.1 Å². The van der Waals surface area contributed by atoms with E-state index in [1.165, 1.54) is 17.0 Å². The first-order valence-electron chi connectivity index (χ1n) is 6.22. The van der Waals surface area contributed by atoms with Crippen LogP contribution >= 0.6 is 0 Å². The van der Waals surface area contributed by atoms with E-state index in [1.54, 1.807) is 20.9 Å². The Balaban J connectivity index is 2.79. The number of halogens is 2. The minimum Gasteiger partial charge on any atom is -0.340 e. The first kappa shape index (κ1) is 15.6. The van der Waals surface area contributed by atoms with Crippen LogP contribution in [0.15, 0.2) is 18.2 Å². The molecule has 0 bridgehead atoms. The van der Waals surface area contributed by atoms with Crippen molar-refractivity contribution in [2.45, 2.75) is 32.9 Å². The molecule has 0 aliphatic heterocycles. The number of carbonyl (C=O) groups is 1. The van der Waals surface area contributed by atoms with Crippen molar-refractivity contribution in [3.05, 3.63) is 35.4 Å². The molecule has 0 unspecified atom stereocenters. The van der Waals surface area contributed by atoms with Gasteiger partial charge in [-0.2, -0.15) is 0 Å². The second-order valence-corrected chi connectivity index (χ2v) is 5.05. The first-order valence-corrected chi connectivity index (χ1v) is 6.22. The smallest absolute Gasteiger partial charge is 0.242 e. The van der Waals surface area contributed by atoms with Gasteiger partial charge in [0.2, 0.25) is 5.91 Å². The molecule has 0 radical (unpaired) electrons. The molecule has 0 aliphatic carbocycles.